The van der Waals surface area contributed by atoms with Gasteiger partial charge in [-0.25, -0.2) is 13.1 Å². The number of thioether (sulfide) groups is 1. The zero-order chi connectivity index (χ0) is 24.7. The lowest BCUT2D eigenvalue weighted by Crippen LogP contribution is -2.26. The number of sulfonamides is 1. The van der Waals surface area contributed by atoms with Crippen LogP contribution in [0.5, 0.6) is 17.2 Å². The van der Waals surface area contributed by atoms with Gasteiger partial charge in [0.05, 0.1) is 37.9 Å². The molecule has 0 saturated carbocycles. The second-order valence-corrected chi connectivity index (χ2v) is 9.74. The Balaban J connectivity index is 1.81. The smallest absolute Gasteiger partial charge is 0.244 e. The van der Waals surface area contributed by atoms with Crippen LogP contribution in [-0.2, 0) is 16.4 Å². The molecule has 0 aliphatic carbocycles. The van der Waals surface area contributed by atoms with Gasteiger partial charge in [-0.05, 0) is 59.7 Å². The van der Waals surface area contributed by atoms with E-state index in [1.807, 2.05) is 48.7 Å². The third kappa shape index (κ3) is 5.47. The summed E-state index contributed by atoms with van der Waals surface area (Å²) in [6, 6.07) is 18.0. The van der Waals surface area contributed by atoms with Crippen LogP contribution in [0.2, 0.25) is 0 Å². The maximum absolute atomic E-state index is 12.8. The minimum absolute atomic E-state index is 0.0704. The van der Waals surface area contributed by atoms with Gasteiger partial charge < -0.3 is 14.2 Å². The maximum Gasteiger partial charge on any atom is 0.244 e. The molecule has 0 heterocycles. The monoisotopic (exact) mass is 498 g/mol. The summed E-state index contributed by atoms with van der Waals surface area (Å²) < 4.78 is 44.5. The van der Waals surface area contributed by atoms with Crippen LogP contribution in [0, 0.1) is 11.3 Å². The molecule has 1 N–H and O–H groups in total. The standard InChI is InChI=1S/C25H26N2O5S2/c1-30-21-11-8-17(16-26)14-24(21)34(28,29)27-13-12-18-9-10-19(15-23(18)32-3)20-6-5-7-22(31-2)25(20)33-4/h5-11,14-15,27H,12-13H2,1-4H3. The van der Waals surface area contributed by atoms with Crippen LogP contribution in [-0.4, -0.2) is 42.5 Å². The van der Waals surface area contributed by atoms with E-state index in [9.17, 15) is 8.42 Å². The highest BCUT2D eigenvalue weighted by Gasteiger charge is 2.20. The van der Waals surface area contributed by atoms with E-state index in [2.05, 4.69) is 4.72 Å². The van der Waals surface area contributed by atoms with Crippen molar-refractivity contribution in [3.05, 3.63) is 65.7 Å². The minimum atomic E-state index is -3.88. The third-order valence-electron chi connectivity index (χ3n) is 5.27. The highest BCUT2D eigenvalue weighted by Crippen LogP contribution is 2.39. The molecule has 0 fully saturated rings. The van der Waals surface area contributed by atoms with E-state index in [1.54, 1.807) is 26.0 Å². The van der Waals surface area contributed by atoms with Gasteiger partial charge in [-0.15, -0.1) is 11.8 Å². The molecule has 0 amide bonds. The molecular weight excluding hydrogens is 472 g/mol. The number of benzene rings is 3. The highest BCUT2D eigenvalue weighted by molar-refractivity contribution is 7.98. The fraction of sp³-hybridized carbons (Fsp3) is 0.240. The molecule has 0 saturated heterocycles. The first-order valence-corrected chi connectivity index (χ1v) is 13.0. The van der Waals surface area contributed by atoms with Crippen LogP contribution < -0.4 is 18.9 Å². The predicted octanol–water partition coefficient (Wildman–Crippen LogP) is 4.49. The topological polar surface area (TPSA) is 97.6 Å². The Bertz CT molecular complexity index is 1320. The largest absolute Gasteiger partial charge is 0.496 e. The van der Waals surface area contributed by atoms with E-state index in [-0.39, 0.29) is 22.8 Å². The average molecular weight is 499 g/mol. The van der Waals surface area contributed by atoms with Gasteiger partial charge in [0.15, 0.2) is 0 Å². The number of nitrogens with zero attached hydrogens (tertiary/aromatic N) is 1. The van der Waals surface area contributed by atoms with Gasteiger partial charge in [-0.1, -0.05) is 24.3 Å². The molecule has 7 nitrogen and oxygen atoms in total. The zero-order valence-corrected chi connectivity index (χ0v) is 21.0. The Hall–Kier alpha value is -3.19. The van der Waals surface area contributed by atoms with Crippen molar-refractivity contribution in [3.63, 3.8) is 0 Å². The maximum atomic E-state index is 12.8. The molecular formula is C25H26N2O5S2. The van der Waals surface area contributed by atoms with Crippen molar-refractivity contribution in [2.45, 2.75) is 16.2 Å². The number of hydrogen-bond donors (Lipinski definition) is 1. The van der Waals surface area contributed by atoms with E-state index in [0.717, 1.165) is 27.3 Å². The molecule has 0 aromatic heterocycles. The molecule has 0 aliphatic rings. The summed E-state index contributed by atoms with van der Waals surface area (Å²) in [5, 5.41) is 9.11. The van der Waals surface area contributed by atoms with Gasteiger partial charge >= 0.3 is 0 Å². The quantitative estimate of drug-likeness (QED) is 0.411. The molecule has 9 heteroatoms. The SMILES string of the molecule is COc1cc(-c2cccc(OC)c2SC)ccc1CCNS(=O)(=O)c1cc(C#N)ccc1OC. The lowest BCUT2D eigenvalue weighted by Gasteiger charge is -2.15. The van der Waals surface area contributed by atoms with Gasteiger partial charge in [0.2, 0.25) is 10.0 Å². The molecule has 3 aromatic carbocycles. The third-order valence-corrected chi connectivity index (χ3v) is 7.58. The van der Waals surface area contributed by atoms with E-state index in [0.29, 0.717) is 12.2 Å². The molecule has 0 aliphatic heterocycles. The molecule has 3 rings (SSSR count). The van der Waals surface area contributed by atoms with Crippen molar-refractivity contribution in [1.82, 2.24) is 4.72 Å². The average Bonchev–Trinajstić information content (AvgIpc) is 2.87. The number of rotatable bonds is 10. The van der Waals surface area contributed by atoms with E-state index in [4.69, 9.17) is 19.5 Å². The minimum Gasteiger partial charge on any atom is -0.496 e. The van der Waals surface area contributed by atoms with Gasteiger partial charge in [-0.2, -0.15) is 5.26 Å². The lowest BCUT2D eigenvalue weighted by molar-refractivity contribution is 0.402. The summed E-state index contributed by atoms with van der Waals surface area (Å²) in [4.78, 5) is 0.958. The summed E-state index contributed by atoms with van der Waals surface area (Å²) in [6.07, 6.45) is 2.41. The summed E-state index contributed by atoms with van der Waals surface area (Å²) in [6.45, 7) is 0.146. The van der Waals surface area contributed by atoms with Crippen LogP contribution in [0.1, 0.15) is 11.1 Å². The molecule has 3 aromatic rings. The first-order valence-electron chi connectivity index (χ1n) is 10.3. The van der Waals surface area contributed by atoms with Crippen LogP contribution in [0.25, 0.3) is 11.1 Å². The second-order valence-electron chi connectivity index (χ2n) is 7.19. The number of hydrogen-bond acceptors (Lipinski definition) is 7. The number of nitriles is 1. The number of ether oxygens (including phenoxy) is 3. The molecule has 0 radical (unpaired) electrons. The lowest BCUT2D eigenvalue weighted by atomic mass is 10.0. The Labute approximate surface area is 204 Å². The Morgan fingerprint density at radius 2 is 1.68 bits per heavy atom. The van der Waals surface area contributed by atoms with Crippen molar-refractivity contribution in [2.24, 2.45) is 0 Å². The molecule has 178 valence electrons. The fourth-order valence-corrected chi connectivity index (χ4v) is 5.57. The first kappa shape index (κ1) is 25.4. The van der Waals surface area contributed by atoms with Crippen LogP contribution in [0.3, 0.4) is 0 Å². The van der Waals surface area contributed by atoms with E-state index < -0.39 is 10.0 Å². The molecule has 0 unspecified atom stereocenters. The molecule has 34 heavy (non-hydrogen) atoms. The van der Waals surface area contributed by atoms with Crippen LogP contribution in [0.15, 0.2) is 64.4 Å². The normalized spacial score (nSPS) is 11.0. The predicted molar refractivity (Wildman–Crippen MR) is 133 cm³/mol. The van der Waals surface area contributed by atoms with Gasteiger partial charge in [-0.3, -0.25) is 0 Å². The Morgan fingerprint density at radius 3 is 2.32 bits per heavy atom. The molecule has 0 atom stereocenters. The first-order chi connectivity index (χ1) is 16.4. The van der Waals surface area contributed by atoms with Crippen LogP contribution >= 0.6 is 11.8 Å². The van der Waals surface area contributed by atoms with Gasteiger partial charge in [0.25, 0.3) is 0 Å². The van der Waals surface area contributed by atoms with Crippen LogP contribution in [0.4, 0.5) is 0 Å². The summed E-state index contributed by atoms with van der Waals surface area (Å²) in [5.41, 5.74) is 3.10. The van der Waals surface area contributed by atoms with Gasteiger partial charge in [0, 0.05) is 6.54 Å². The van der Waals surface area contributed by atoms with Crippen molar-refractivity contribution < 1.29 is 22.6 Å². The van der Waals surface area contributed by atoms with Crippen molar-refractivity contribution in [1.29, 1.82) is 5.26 Å². The second kappa shape index (κ2) is 11.3. The van der Waals surface area contributed by atoms with E-state index in [1.165, 1.54) is 25.3 Å². The van der Waals surface area contributed by atoms with Gasteiger partial charge in [0.1, 0.15) is 22.1 Å². The summed E-state index contributed by atoms with van der Waals surface area (Å²) in [5.74, 6) is 1.64. The van der Waals surface area contributed by atoms with Crippen molar-refractivity contribution in [2.75, 3.05) is 34.1 Å². The zero-order valence-electron chi connectivity index (χ0n) is 19.4. The summed E-state index contributed by atoms with van der Waals surface area (Å²) >= 11 is 1.61. The van der Waals surface area contributed by atoms with Crippen molar-refractivity contribution >= 4 is 21.8 Å². The number of methoxy groups -OCH3 is 3. The summed E-state index contributed by atoms with van der Waals surface area (Å²) in [7, 11) is 0.748. The number of nitrogens with one attached hydrogen (secondary N) is 1. The Morgan fingerprint density at radius 1 is 0.941 bits per heavy atom. The highest BCUT2D eigenvalue weighted by atomic mass is 32.2. The van der Waals surface area contributed by atoms with E-state index >= 15 is 0 Å². The molecule has 0 bridgehead atoms. The van der Waals surface area contributed by atoms with Crippen molar-refractivity contribution in [3.8, 4) is 34.4 Å². The molecule has 0 spiro atoms. The Kier molecular flexibility index (Phi) is 8.45. The fourth-order valence-electron chi connectivity index (χ4n) is 3.59.